The summed E-state index contributed by atoms with van der Waals surface area (Å²) in [6.07, 6.45) is 2.19. The number of hydrogen-bond acceptors (Lipinski definition) is 5. The lowest BCUT2D eigenvalue weighted by Gasteiger charge is -2.31. The molecule has 3 N–H and O–H groups in total. The lowest BCUT2D eigenvalue weighted by atomic mass is 9.83. The van der Waals surface area contributed by atoms with Crippen LogP contribution in [0.25, 0.3) is 22.3 Å². The quantitative estimate of drug-likeness (QED) is 0.157. The number of rotatable bonds is 10. The molecule has 4 aromatic rings. The molecule has 1 unspecified atom stereocenters. The number of furan rings is 1. The molecule has 5 rings (SSSR count). The maximum Gasteiger partial charge on any atom is 0.404 e. The third kappa shape index (κ3) is 7.23. The highest BCUT2D eigenvalue weighted by Crippen LogP contribution is 2.48. The summed E-state index contributed by atoms with van der Waals surface area (Å²) in [5.41, 5.74) is 3.58. The van der Waals surface area contributed by atoms with Crippen molar-refractivity contribution in [2.24, 2.45) is 5.41 Å². The second kappa shape index (κ2) is 12.7. The molecule has 244 valence electrons. The van der Waals surface area contributed by atoms with Crippen LogP contribution < -0.4 is 14.9 Å². The minimum absolute atomic E-state index is 0.0186. The minimum Gasteiger partial charge on any atom is -0.465 e. The molecule has 0 aliphatic heterocycles. The maximum atomic E-state index is 13.7. The Morgan fingerprint density at radius 2 is 1.78 bits per heavy atom. The van der Waals surface area contributed by atoms with Gasteiger partial charge in [0.2, 0.25) is 10.0 Å². The molecular formula is C34H37BrFN3O6S. The number of benzene rings is 3. The molecule has 1 fully saturated rings. The fraction of sp³-hybridized carbons (Fsp3) is 0.353. The summed E-state index contributed by atoms with van der Waals surface area (Å²) in [6, 6.07) is 14.3. The van der Waals surface area contributed by atoms with Gasteiger partial charge in [-0.15, -0.1) is 0 Å². The first-order valence-electron chi connectivity index (χ1n) is 14.9. The zero-order valence-electron chi connectivity index (χ0n) is 26.3. The summed E-state index contributed by atoms with van der Waals surface area (Å²) in [5, 5.41) is 15.3. The van der Waals surface area contributed by atoms with Gasteiger partial charge in [-0.1, -0.05) is 48.8 Å². The van der Waals surface area contributed by atoms with Gasteiger partial charge >= 0.3 is 6.09 Å². The first-order chi connectivity index (χ1) is 21.6. The third-order valence-electron chi connectivity index (χ3n) is 8.29. The van der Waals surface area contributed by atoms with Crippen molar-refractivity contribution in [3.63, 3.8) is 0 Å². The number of sulfonamides is 1. The molecule has 0 saturated heterocycles. The molecule has 1 heterocycles. The van der Waals surface area contributed by atoms with E-state index in [1.165, 1.54) is 35.6 Å². The molecule has 0 spiro atoms. The Labute approximate surface area is 276 Å². The smallest absolute Gasteiger partial charge is 0.404 e. The number of nitrogens with zero attached hydrogens (tertiary/aromatic N) is 1. The number of fused-ring (bicyclic) bond motifs is 1. The minimum atomic E-state index is -3.81. The van der Waals surface area contributed by atoms with E-state index in [4.69, 9.17) is 4.42 Å². The second-order valence-electron chi connectivity index (χ2n) is 12.8. The molecule has 9 nitrogen and oxygen atoms in total. The van der Waals surface area contributed by atoms with Crippen LogP contribution in [0.3, 0.4) is 0 Å². The van der Waals surface area contributed by atoms with Gasteiger partial charge in [-0.05, 0) is 83.7 Å². The summed E-state index contributed by atoms with van der Waals surface area (Å²) in [5.74, 6) is -0.423. The van der Waals surface area contributed by atoms with Crippen LogP contribution in [0.15, 0.2) is 63.5 Å². The maximum absolute atomic E-state index is 13.7. The molecule has 12 heteroatoms. The van der Waals surface area contributed by atoms with Crippen LogP contribution in [0, 0.1) is 11.2 Å². The number of carbonyl (C=O) groups excluding carboxylic acids is 1. The lowest BCUT2D eigenvalue weighted by Crippen LogP contribution is -2.44. The molecule has 1 saturated carbocycles. The normalized spacial score (nSPS) is 14.2. The van der Waals surface area contributed by atoms with Crippen molar-refractivity contribution < 1.29 is 31.9 Å². The Balaban J connectivity index is 1.61. The van der Waals surface area contributed by atoms with Crippen molar-refractivity contribution in [3.05, 3.63) is 87.1 Å². The molecule has 1 aliphatic rings. The highest BCUT2D eigenvalue weighted by atomic mass is 79.9. The van der Waals surface area contributed by atoms with Gasteiger partial charge in [0.25, 0.3) is 5.91 Å². The number of nitrogens with one attached hydrogen (secondary N) is 2. The van der Waals surface area contributed by atoms with Crippen LogP contribution in [0.2, 0.25) is 0 Å². The van der Waals surface area contributed by atoms with Gasteiger partial charge in [-0.3, -0.25) is 9.10 Å². The Bertz CT molecular complexity index is 1910. The standard InChI is InChI=1S/C34H37BrFN3O6S/c1-34(2,3)29(38-33(41)42)15-22-14-19(6-13-26(22)35)18-39(46(5,43)44)27-17-28-25(16-24(27)20-7-8-20)30(32(40)37-4)31(45-28)21-9-11-23(36)12-10-21/h6,9-14,16-17,20,29,38H,7-8,15,18H2,1-5H3,(H,37,40)(H,41,42). The highest BCUT2D eigenvalue weighted by Gasteiger charge is 2.34. The predicted octanol–water partition coefficient (Wildman–Crippen LogP) is 7.43. The van der Waals surface area contributed by atoms with Gasteiger partial charge in [-0.2, -0.15) is 0 Å². The van der Waals surface area contributed by atoms with Crippen LogP contribution in [0.1, 0.15) is 66.6 Å². The van der Waals surface area contributed by atoms with E-state index >= 15 is 0 Å². The molecule has 1 aliphatic carbocycles. The summed E-state index contributed by atoms with van der Waals surface area (Å²) >= 11 is 3.59. The average molecular weight is 715 g/mol. The summed E-state index contributed by atoms with van der Waals surface area (Å²) < 4.78 is 49.0. The Morgan fingerprint density at radius 3 is 2.35 bits per heavy atom. The Hall–Kier alpha value is -3.90. The lowest BCUT2D eigenvalue weighted by molar-refractivity contribution is 0.0964. The first-order valence-corrected chi connectivity index (χ1v) is 17.5. The number of carbonyl (C=O) groups is 2. The number of halogens is 2. The molecule has 46 heavy (non-hydrogen) atoms. The van der Waals surface area contributed by atoms with Crippen molar-refractivity contribution in [1.82, 2.24) is 10.6 Å². The van der Waals surface area contributed by atoms with Crippen LogP contribution >= 0.6 is 15.9 Å². The van der Waals surface area contributed by atoms with Crippen LogP contribution in [0.4, 0.5) is 14.9 Å². The molecule has 3 aromatic carbocycles. The van der Waals surface area contributed by atoms with E-state index in [0.29, 0.717) is 39.8 Å². The van der Waals surface area contributed by atoms with Crippen LogP contribution in [-0.2, 0) is 23.0 Å². The molecule has 1 atom stereocenters. The molecule has 0 radical (unpaired) electrons. The predicted molar refractivity (Wildman–Crippen MR) is 180 cm³/mol. The van der Waals surface area contributed by atoms with Gasteiger partial charge in [0.15, 0.2) is 0 Å². The molecule has 2 amide bonds. The van der Waals surface area contributed by atoms with E-state index in [2.05, 4.69) is 26.6 Å². The van der Waals surface area contributed by atoms with Crippen LogP contribution in [-0.4, -0.2) is 44.9 Å². The fourth-order valence-electron chi connectivity index (χ4n) is 5.61. The molecule has 0 bridgehead atoms. The van der Waals surface area contributed by atoms with Gasteiger partial charge in [0.05, 0.1) is 24.1 Å². The molecular weight excluding hydrogens is 677 g/mol. The zero-order valence-corrected chi connectivity index (χ0v) is 28.7. The van der Waals surface area contributed by atoms with Crippen molar-refractivity contribution in [2.75, 3.05) is 17.6 Å². The monoisotopic (exact) mass is 713 g/mol. The summed E-state index contributed by atoms with van der Waals surface area (Å²) in [7, 11) is -2.29. The van der Waals surface area contributed by atoms with E-state index in [1.807, 2.05) is 45.0 Å². The van der Waals surface area contributed by atoms with Gasteiger partial charge in [0.1, 0.15) is 17.2 Å². The largest absolute Gasteiger partial charge is 0.465 e. The summed E-state index contributed by atoms with van der Waals surface area (Å²) in [6.45, 7) is 5.89. The van der Waals surface area contributed by atoms with E-state index in [9.17, 15) is 27.5 Å². The number of hydrogen-bond donors (Lipinski definition) is 3. The fourth-order valence-corrected chi connectivity index (χ4v) is 6.92. The average Bonchev–Trinajstić information content (AvgIpc) is 3.75. The number of anilines is 1. The van der Waals surface area contributed by atoms with E-state index < -0.39 is 28.0 Å². The van der Waals surface area contributed by atoms with Crippen molar-refractivity contribution in [2.45, 2.75) is 58.5 Å². The van der Waals surface area contributed by atoms with Gasteiger partial charge < -0.3 is 20.2 Å². The van der Waals surface area contributed by atoms with Gasteiger partial charge in [-0.25, -0.2) is 17.6 Å². The summed E-state index contributed by atoms with van der Waals surface area (Å²) in [4.78, 5) is 24.7. The zero-order chi connectivity index (χ0) is 33.6. The van der Waals surface area contributed by atoms with Crippen molar-refractivity contribution in [3.8, 4) is 11.3 Å². The number of carboxylic acid groups (broad SMARTS) is 1. The van der Waals surface area contributed by atoms with E-state index in [-0.39, 0.29) is 29.5 Å². The highest BCUT2D eigenvalue weighted by molar-refractivity contribution is 9.10. The Kier molecular flexibility index (Phi) is 9.25. The third-order valence-corrected chi connectivity index (χ3v) is 10.2. The van der Waals surface area contributed by atoms with Crippen molar-refractivity contribution in [1.29, 1.82) is 0 Å². The van der Waals surface area contributed by atoms with E-state index in [1.54, 1.807) is 6.07 Å². The van der Waals surface area contributed by atoms with Gasteiger partial charge in [0, 0.05) is 34.6 Å². The molecule has 1 aromatic heterocycles. The van der Waals surface area contributed by atoms with E-state index in [0.717, 1.165) is 34.7 Å². The topological polar surface area (TPSA) is 129 Å². The first kappa shape index (κ1) is 33.5. The number of amides is 2. The van der Waals surface area contributed by atoms with Crippen molar-refractivity contribution >= 4 is 54.6 Å². The van der Waals surface area contributed by atoms with Crippen LogP contribution in [0.5, 0.6) is 0 Å². The SMILES string of the molecule is CNC(=O)c1c(-c2ccc(F)cc2)oc2cc(N(Cc3ccc(Br)c(CC(NC(=O)O)C(C)(C)C)c3)S(C)(=O)=O)c(C3CC3)cc12. The second-order valence-corrected chi connectivity index (χ2v) is 15.6. The Morgan fingerprint density at radius 1 is 1.11 bits per heavy atom.